The lowest BCUT2D eigenvalue weighted by atomic mass is 10.2. The van der Waals surface area contributed by atoms with Crippen LogP contribution in [0.5, 0.6) is 0 Å². The number of nitrogens with one attached hydrogen (secondary N) is 1. The molecule has 0 saturated heterocycles. The predicted molar refractivity (Wildman–Crippen MR) is 51.9 cm³/mol. The normalized spacial score (nSPS) is 9.64. The first kappa shape index (κ1) is 10.5. The van der Waals surface area contributed by atoms with Gasteiger partial charge in [0.05, 0.1) is 17.9 Å². The predicted octanol–water partition coefficient (Wildman–Crippen LogP) is 2.04. The molecule has 0 atom stereocenters. The second-order valence-electron chi connectivity index (χ2n) is 2.66. The largest absolute Gasteiger partial charge is 0.462 e. The third-order valence-corrected chi connectivity index (χ3v) is 1.75. The standard InChI is InChI=1S/C10H12FNO2/c1-3-14-10(13)8-5-4-7(11)6-9(8)12-2/h4-6,12H,3H2,1-2H3. The highest BCUT2D eigenvalue weighted by molar-refractivity contribution is 5.95. The molecule has 0 aliphatic heterocycles. The highest BCUT2D eigenvalue weighted by atomic mass is 19.1. The number of hydrogen-bond acceptors (Lipinski definition) is 3. The van der Waals surface area contributed by atoms with Crippen molar-refractivity contribution in [1.29, 1.82) is 0 Å². The first-order chi connectivity index (χ1) is 6.69. The fourth-order valence-electron chi connectivity index (χ4n) is 1.11. The molecule has 1 N–H and O–H groups in total. The van der Waals surface area contributed by atoms with E-state index >= 15 is 0 Å². The minimum atomic E-state index is -0.447. The van der Waals surface area contributed by atoms with Gasteiger partial charge < -0.3 is 10.1 Å². The van der Waals surface area contributed by atoms with Gasteiger partial charge >= 0.3 is 5.97 Å². The number of carbonyl (C=O) groups excluding carboxylic acids is 1. The van der Waals surface area contributed by atoms with Crippen molar-refractivity contribution < 1.29 is 13.9 Å². The minimum absolute atomic E-state index is 0.305. The lowest BCUT2D eigenvalue weighted by molar-refractivity contribution is 0.0527. The average Bonchev–Trinajstić information content (AvgIpc) is 2.17. The third kappa shape index (κ3) is 2.22. The number of carbonyl (C=O) groups is 1. The Morgan fingerprint density at radius 3 is 2.86 bits per heavy atom. The van der Waals surface area contributed by atoms with Crippen molar-refractivity contribution >= 4 is 11.7 Å². The summed E-state index contributed by atoms with van der Waals surface area (Å²) in [5, 5.41) is 2.73. The zero-order valence-corrected chi connectivity index (χ0v) is 8.13. The van der Waals surface area contributed by atoms with Gasteiger partial charge in [0.1, 0.15) is 5.82 Å². The van der Waals surface area contributed by atoms with E-state index in [0.29, 0.717) is 17.9 Å². The van der Waals surface area contributed by atoms with Gasteiger partial charge in [-0.05, 0) is 25.1 Å². The number of rotatable bonds is 3. The number of ether oxygens (including phenoxy) is 1. The Kier molecular flexibility index (Phi) is 3.45. The Labute approximate surface area is 81.9 Å². The van der Waals surface area contributed by atoms with Gasteiger partial charge in [-0.2, -0.15) is 0 Å². The topological polar surface area (TPSA) is 38.3 Å². The summed E-state index contributed by atoms with van der Waals surface area (Å²) in [7, 11) is 1.62. The zero-order valence-electron chi connectivity index (χ0n) is 8.13. The molecule has 1 rings (SSSR count). The van der Waals surface area contributed by atoms with Crippen LogP contribution in [0.2, 0.25) is 0 Å². The second-order valence-corrected chi connectivity index (χ2v) is 2.66. The average molecular weight is 197 g/mol. The summed E-state index contributed by atoms with van der Waals surface area (Å²) in [4.78, 5) is 11.4. The molecule has 3 nitrogen and oxygen atoms in total. The van der Waals surface area contributed by atoms with Crippen LogP contribution in [0.15, 0.2) is 18.2 Å². The molecule has 0 aliphatic rings. The van der Waals surface area contributed by atoms with Gasteiger partial charge in [-0.1, -0.05) is 0 Å². The Morgan fingerprint density at radius 2 is 2.29 bits per heavy atom. The van der Waals surface area contributed by atoms with Crippen LogP contribution < -0.4 is 5.32 Å². The maximum atomic E-state index is 12.8. The number of benzene rings is 1. The lowest BCUT2D eigenvalue weighted by Gasteiger charge is -2.07. The van der Waals surface area contributed by atoms with Crippen LogP contribution >= 0.6 is 0 Å². The van der Waals surface area contributed by atoms with Crippen LogP contribution in [0.4, 0.5) is 10.1 Å². The molecule has 0 amide bonds. The molecule has 0 spiro atoms. The molecule has 0 saturated carbocycles. The van der Waals surface area contributed by atoms with Gasteiger partial charge in [0.25, 0.3) is 0 Å². The molecule has 0 bridgehead atoms. The van der Waals surface area contributed by atoms with Crippen molar-refractivity contribution in [2.45, 2.75) is 6.92 Å². The van der Waals surface area contributed by atoms with E-state index in [1.54, 1.807) is 14.0 Å². The summed E-state index contributed by atoms with van der Waals surface area (Å²) in [5.41, 5.74) is 0.777. The van der Waals surface area contributed by atoms with Crippen LogP contribution in [0.3, 0.4) is 0 Å². The fourth-order valence-corrected chi connectivity index (χ4v) is 1.11. The van der Waals surface area contributed by atoms with Crippen molar-refractivity contribution in [3.63, 3.8) is 0 Å². The first-order valence-corrected chi connectivity index (χ1v) is 4.33. The quantitative estimate of drug-likeness (QED) is 0.753. The summed E-state index contributed by atoms with van der Waals surface area (Å²) >= 11 is 0. The van der Waals surface area contributed by atoms with Crippen molar-refractivity contribution in [3.05, 3.63) is 29.6 Å². The molecule has 0 fully saturated rings. The molecule has 76 valence electrons. The zero-order chi connectivity index (χ0) is 10.6. The molecule has 0 radical (unpaired) electrons. The Balaban J connectivity index is 3.01. The highest BCUT2D eigenvalue weighted by Gasteiger charge is 2.11. The first-order valence-electron chi connectivity index (χ1n) is 4.33. The molecule has 0 aliphatic carbocycles. The van der Waals surface area contributed by atoms with Crippen molar-refractivity contribution in [3.8, 4) is 0 Å². The van der Waals surface area contributed by atoms with E-state index in [2.05, 4.69) is 5.32 Å². The van der Waals surface area contributed by atoms with Gasteiger partial charge in [0.2, 0.25) is 0 Å². The molecule has 4 heteroatoms. The molecular formula is C10H12FNO2. The Bertz CT molecular complexity index is 339. The van der Waals surface area contributed by atoms with E-state index in [4.69, 9.17) is 4.74 Å². The van der Waals surface area contributed by atoms with Gasteiger partial charge in [-0.3, -0.25) is 0 Å². The van der Waals surface area contributed by atoms with E-state index < -0.39 is 5.97 Å². The van der Waals surface area contributed by atoms with Crippen LogP contribution in [-0.4, -0.2) is 19.6 Å². The second kappa shape index (κ2) is 4.60. The molecule has 1 aromatic rings. The number of anilines is 1. The molecule has 0 aromatic heterocycles. The molecule has 1 aromatic carbocycles. The van der Waals surface area contributed by atoms with Crippen molar-refractivity contribution in [2.75, 3.05) is 19.0 Å². The van der Waals surface area contributed by atoms with E-state index in [1.807, 2.05) is 0 Å². The minimum Gasteiger partial charge on any atom is -0.462 e. The van der Waals surface area contributed by atoms with Crippen molar-refractivity contribution in [2.24, 2.45) is 0 Å². The van der Waals surface area contributed by atoms with E-state index in [-0.39, 0.29) is 5.82 Å². The summed E-state index contributed by atoms with van der Waals surface area (Å²) in [6.07, 6.45) is 0. The van der Waals surface area contributed by atoms with Gasteiger partial charge in [-0.25, -0.2) is 9.18 Å². The monoisotopic (exact) mass is 197 g/mol. The van der Waals surface area contributed by atoms with Crippen LogP contribution in [0.1, 0.15) is 17.3 Å². The Hall–Kier alpha value is -1.58. The van der Waals surface area contributed by atoms with Gasteiger partial charge in [0.15, 0.2) is 0 Å². The van der Waals surface area contributed by atoms with E-state index in [9.17, 15) is 9.18 Å². The highest BCUT2D eigenvalue weighted by Crippen LogP contribution is 2.17. The molecule has 0 heterocycles. The summed E-state index contributed by atoms with van der Waals surface area (Å²) in [6.45, 7) is 2.03. The number of hydrogen-bond donors (Lipinski definition) is 1. The fraction of sp³-hybridized carbons (Fsp3) is 0.300. The van der Waals surface area contributed by atoms with Crippen LogP contribution in [-0.2, 0) is 4.74 Å². The molecule has 0 unspecified atom stereocenters. The SMILES string of the molecule is CCOC(=O)c1ccc(F)cc1NC. The van der Waals surface area contributed by atoms with E-state index in [1.165, 1.54) is 18.2 Å². The molecular weight excluding hydrogens is 185 g/mol. The van der Waals surface area contributed by atoms with Crippen LogP contribution in [0.25, 0.3) is 0 Å². The van der Waals surface area contributed by atoms with Crippen LogP contribution in [0, 0.1) is 5.82 Å². The van der Waals surface area contributed by atoms with Gasteiger partial charge in [0, 0.05) is 7.05 Å². The summed E-state index contributed by atoms with van der Waals surface area (Å²) in [6, 6.07) is 3.89. The number of esters is 1. The smallest absolute Gasteiger partial charge is 0.340 e. The lowest BCUT2D eigenvalue weighted by Crippen LogP contribution is -2.08. The maximum Gasteiger partial charge on any atom is 0.340 e. The molecule has 14 heavy (non-hydrogen) atoms. The Morgan fingerprint density at radius 1 is 1.57 bits per heavy atom. The van der Waals surface area contributed by atoms with Gasteiger partial charge in [-0.15, -0.1) is 0 Å². The maximum absolute atomic E-state index is 12.8. The van der Waals surface area contributed by atoms with E-state index in [0.717, 1.165) is 0 Å². The van der Waals surface area contributed by atoms with Crippen molar-refractivity contribution in [1.82, 2.24) is 0 Å². The summed E-state index contributed by atoms with van der Waals surface area (Å²) in [5.74, 6) is -0.834. The third-order valence-electron chi connectivity index (χ3n) is 1.75. The number of halogens is 1. The summed E-state index contributed by atoms with van der Waals surface area (Å²) < 4.78 is 17.6.